The third-order valence-electron chi connectivity index (χ3n) is 1.77. The predicted octanol–water partition coefficient (Wildman–Crippen LogP) is -0.375. The number of nitrogens with one attached hydrogen (secondary N) is 1. The molecule has 5 nitrogen and oxygen atoms in total. The van der Waals surface area contributed by atoms with Crippen molar-refractivity contribution in [3.05, 3.63) is 0 Å². The van der Waals surface area contributed by atoms with Gasteiger partial charge in [0.1, 0.15) is 0 Å². The summed E-state index contributed by atoms with van der Waals surface area (Å²) in [6.45, 7) is 2.68. The molecule has 13 heavy (non-hydrogen) atoms. The number of hydrogen-bond donors (Lipinski definition) is 2. The van der Waals surface area contributed by atoms with E-state index < -0.39 is 11.8 Å². The van der Waals surface area contributed by atoms with Crippen LogP contribution in [0.25, 0.3) is 0 Å². The second-order valence-electron chi connectivity index (χ2n) is 2.91. The maximum atomic E-state index is 11.1. The van der Waals surface area contributed by atoms with Gasteiger partial charge in [-0.2, -0.15) is 0 Å². The third-order valence-corrected chi connectivity index (χ3v) is 1.77. The lowest BCUT2D eigenvalue weighted by molar-refractivity contribution is -0.145. The molecule has 3 N–H and O–H groups in total. The highest BCUT2D eigenvalue weighted by molar-refractivity contribution is 6.34. The van der Waals surface area contributed by atoms with Crippen LogP contribution in [0.1, 0.15) is 26.2 Å². The molecular weight excluding hydrogens is 170 g/mol. The van der Waals surface area contributed by atoms with Gasteiger partial charge in [-0.1, -0.05) is 19.8 Å². The van der Waals surface area contributed by atoms with Gasteiger partial charge in [0.25, 0.3) is 0 Å². The van der Waals surface area contributed by atoms with Crippen LogP contribution in [-0.4, -0.2) is 30.3 Å². The van der Waals surface area contributed by atoms with Crippen LogP contribution in [0.3, 0.4) is 0 Å². The maximum Gasteiger partial charge on any atom is 0.323 e. The Morgan fingerprint density at radius 1 is 1.38 bits per heavy atom. The van der Waals surface area contributed by atoms with E-state index in [2.05, 4.69) is 6.92 Å². The van der Waals surface area contributed by atoms with Gasteiger partial charge in [-0.25, -0.2) is 5.84 Å². The number of likely N-dealkylation sites (N-methyl/N-ethyl adjacent to an activating group) is 1. The Labute approximate surface area is 78.2 Å². The molecule has 0 spiro atoms. The maximum absolute atomic E-state index is 11.1. The van der Waals surface area contributed by atoms with Gasteiger partial charge in [-0.05, 0) is 6.42 Å². The molecule has 0 aliphatic heterocycles. The first-order chi connectivity index (χ1) is 6.13. The first kappa shape index (κ1) is 11.9. The molecule has 0 heterocycles. The third kappa shape index (κ3) is 4.47. The quantitative estimate of drug-likeness (QED) is 0.207. The SMILES string of the molecule is CCCCCN(C)C(=O)C(=O)NN. The number of carbonyl (C=O) groups excluding carboxylic acids is 2. The van der Waals surface area contributed by atoms with Crippen LogP contribution < -0.4 is 11.3 Å². The summed E-state index contributed by atoms with van der Waals surface area (Å²) in [7, 11) is 1.59. The lowest BCUT2D eigenvalue weighted by atomic mass is 10.2. The van der Waals surface area contributed by atoms with Gasteiger partial charge in [-0.15, -0.1) is 0 Å². The van der Waals surface area contributed by atoms with E-state index >= 15 is 0 Å². The fourth-order valence-corrected chi connectivity index (χ4v) is 0.936. The molecule has 0 aromatic heterocycles. The number of hydrazine groups is 1. The standard InChI is InChI=1S/C8H17N3O2/c1-3-4-5-6-11(2)8(13)7(12)10-9/h3-6,9H2,1-2H3,(H,10,12). The van der Waals surface area contributed by atoms with Crippen molar-refractivity contribution in [2.24, 2.45) is 5.84 Å². The van der Waals surface area contributed by atoms with Crippen molar-refractivity contribution in [1.82, 2.24) is 10.3 Å². The minimum absolute atomic E-state index is 0.585. The van der Waals surface area contributed by atoms with Gasteiger partial charge in [0.15, 0.2) is 0 Å². The molecule has 0 rings (SSSR count). The first-order valence-electron chi connectivity index (χ1n) is 4.39. The summed E-state index contributed by atoms with van der Waals surface area (Å²) in [5.74, 6) is 3.47. The number of nitrogens with two attached hydrogens (primary N) is 1. The van der Waals surface area contributed by atoms with E-state index in [0.29, 0.717) is 6.54 Å². The molecule has 0 radical (unpaired) electrons. The summed E-state index contributed by atoms with van der Waals surface area (Å²) in [5.41, 5.74) is 1.81. The highest BCUT2D eigenvalue weighted by atomic mass is 16.2. The first-order valence-corrected chi connectivity index (χ1v) is 4.39. The van der Waals surface area contributed by atoms with E-state index in [1.54, 1.807) is 12.5 Å². The number of nitrogens with zero attached hydrogens (tertiary/aromatic N) is 1. The predicted molar refractivity (Wildman–Crippen MR) is 49.5 cm³/mol. The smallest absolute Gasteiger partial charge is 0.323 e. The zero-order chi connectivity index (χ0) is 10.3. The van der Waals surface area contributed by atoms with E-state index in [-0.39, 0.29) is 0 Å². The summed E-state index contributed by atoms with van der Waals surface area (Å²) >= 11 is 0. The van der Waals surface area contributed by atoms with E-state index in [4.69, 9.17) is 5.84 Å². The lowest BCUT2D eigenvalue weighted by Crippen LogP contribution is -2.44. The molecule has 2 amide bonds. The normalized spacial score (nSPS) is 9.46. The number of rotatable bonds is 4. The van der Waals surface area contributed by atoms with E-state index in [9.17, 15) is 9.59 Å². The van der Waals surface area contributed by atoms with Crippen molar-refractivity contribution in [3.63, 3.8) is 0 Å². The number of amides is 2. The minimum Gasteiger partial charge on any atom is -0.337 e. The van der Waals surface area contributed by atoms with Gasteiger partial charge >= 0.3 is 11.8 Å². The summed E-state index contributed by atoms with van der Waals surface area (Å²) < 4.78 is 0. The van der Waals surface area contributed by atoms with Crippen molar-refractivity contribution in [2.45, 2.75) is 26.2 Å². The van der Waals surface area contributed by atoms with Crippen molar-refractivity contribution in [3.8, 4) is 0 Å². The summed E-state index contributed by atoms with van der Waals surface area (Å²) in [6.07, 6.45) is 3.06. The van der Waals surface area contributed by atoms with Crippen molar-refractivity contribution >= 4 is 11.8 Å². The fraction of sp³-hybridized carbons (Fsp3) is 0.750. The van der Waals surface area contributed by atoms with Gasteiger partial charge in [-0.3, -0.25) is 15.0 Å². The minimum atomic E-state index is -0.765. The molecule has 0 atom stereocenters. The fourth-order valence-electron chi connectivity index (χ4n) is 0.936. The Morgan fingerprint density at radius 3 is 2.46 bits per heavy atom. The van der Waals surface area contributed by atoms with E-state index in [1.165, 1.54) is 4.90 Å². The second kappa shape index (κ2) is 6.42. The molecule has 0 bridgehead atoms. The van der Waals surface area contributed by atoms with Gasteiger partial charge < -0.3 is 4.90 Å². The highest BCUT2D eigenvalue weighted by Gasteiger charge is 2.16. The summed E-state index contributed by atoms with van der Waals surface area (Å²) in [5, 5.41) is 0. The molecule has 0 aliphatic carbocycles. The summed E-state index contributed by atoms with van der Waals surface area (Å²) in [4.78, 5) is 23.2. The Balaban J connectivity index is 3.76. The topological polar surface area (TPSA) is 75.4 Å². The second-order valence-corrected chi connectivity index (χ2v) is 2.91. The van der Waals surface area contributed by atoms with Crippen LogP contribution in [0.2, 0.25) is 0 Å². The Bertz CT molecular complexity index is 182. The Hall–Kier alpha value is -1.10. The zero-order valence-electron chi connectivity index (χ0n) is 8.17. The van der Waals surface area contributed by atoms with Crippen molar-refractivity contribution in [1.29, 1.82) is 0 Å². The van der Waals surface area contributed by atoms with Crippen molar-refractivity contribution in [2.75, 3.05) is 13.6 Å². The van der Waals surface area contributed by atoms with Crippen LogP contribution in [0.4, 0.5) is 0 Å². The van der Waals surface area contributed by atoms with E-state index in [0.717, 1.165) is 19.3 Å². The largest absolute Gasteiger partial charge is 0.337 e. The van der Waals surface area contributed by atoms with Crippen LogP contribution in [0.5, 0.6) is 0 Å². The Kier molecular flexibility index (Phi) is 5.88. The van der Waals surface area contributed by atoms with Crippen LogP contribution in [-0.2, 0) is 9.59 Å². The number of unbranched alkanes of at least 4 members (excludes halogenated alkanes) is 2. The van der Waals surface area contributed by atoms with E-state index in [1.807, 2.05) is 0 Å². The average Bonchev–Trinajstić information content (AvgIpc) is 2.15. The van der Waals surface area contributed by atoms with Gasteiger partial charge in [0.2, 0.25) is 0 Å². The lowest BCUT2D eigenvalue weighted by Gasteiger charge is -2.15. The monoisotopic (exact) mass is 187 g/mol. The molecule has 0 saturated carbocycles. The molecule has 0 unspecified atom stereocenters. The molecule has 5 heteroatoms. The van der Waals surface area contributed by atoms with Crippen LogP contribution >= 0.6 is 0 Å². The van der Waals surface area contributed by atoms with Gasteiger partial charge in [0, 0.05) is 13.6 Å². The van der Waals surface area contributed by atoms with Crippen LogP contribution in [0, 0.1) is 0 Å². The highest BCUT2D eigenvalue weighted by Crippen LogP contribution is 1.96. The Morgan fingerprint density at radius 2 is 2.00 bits per heavy atom. The number of carbonyl (C=O) groups is 2. The molecular formula is C8H17N3O2. The number of hydrogen-bond acceptors (Lipinski definition) is 3. The average molecular weight is 187 g/mol. The van der Waals surface area contributed by atoms with Crippen molar-refractivity contribution < 1.29 is 9.59 Å². The molecule has 76 valence electrons. The molecule has 0 aromatic rings. The van der Waals surface area contributed by atoms with Crippen LogP contribution in [0.15, 0.2) is 0 Å². The molecule has 0 saturated heterocycles. The van der Waals surface area contributed by atoms with Gasteiger partial charge in [0.05, 0.1) is 0 Å². The zero-order valence-corrected chi connectivity index (χ0v) is 8.17. The summed E-state index contributed by atoms with van der Waals surface area (Å²) in [6, 6.07) is 0. The molecule has 0 fully saturated rings. The molecule has 0 aliphatic rings. The molecule has 0 aromatic carbocycles.